The fourth-order valence-electron chi connectivity index (χ4n) is 4.99. The molecule has 5 rings (SSSR count). The third kappa shape index (κ3) is 5.13. The molecule has 0 amide bonds. The topological polar surface area (TPSA) is 46.5 Å². The van der Waals surface area contributed by atoms with Crippen molar-refractivity contribution >= 4 is 5.71 Å². The van der Waals surface area contributed by atoms with Crippen molar-refractivity contribution in [2.45, 2.75) is 32.0 Å². The summed E-state index contributed by atoms with van der Waals surface area (Å²) in [5.74, 6) is 2.63. The molecule has 2 aliphatic heterocycles. The molecule has 6 heteroatoms. The second kappa shape index (κ2) is 10.4. The maximum atomic E-state index is 5.53. The number of piperidine rings is 1. The molecule has 0 atom stereocenters. The van der Waals surface area contributed by atoms with Crippen molar-refractivity contribution in [3.05, 3.63) is 89.0 Å². The van der Waals surface area contributed by atoms with Gasteiger partial charge in [-0.2, -0.15) is 5.10 Å². The molecule has 6 nitrogen and oxygen atoms in total. The first-order valence-electron chi connectivity index (χ1n) is 12.2. The lowest BCUT2D eigenvalue weighted by Gasteiger charge is -2.39. The molecular weight excluding hydrogens is 438 g/mol. The van der Waals surface area contributed by atoms with Gasteiger partial charge in [-0.3, -0.25) is 9.91 Å². The Morgan fingerprint density at radius 1 is 0.771 bits per heavy atom. The third-order valence-electron chi connectivity index (χ3n) is 7.04. The van der Waals surface area contributed by atoms with Gasteiger partial charge in [-0.1, -0.05) is 12.1 Å². The number of methoxy groups -OCH3 is 3. The SMILES string of the molecule is COc1ccc(CN2CCC(N3Cc4cc(OC)ccc4C(c4ccc(OC)cc4)=N3)CC2)cc1. The first-order chi connectivity index (χ1) is 17.2. The molecule has 2 heterocycles. The van der Waals surface area contributed by atoms with Gasteiger partial charge in [0.1, 0.15) is 17.2 Å². The van der Waals surface area contributed by atoms with E-state index < -0.39 is 0 Å². The number of hydrazone groups is 1. The molecule has 0 aromatic heterocycles. The smallest absolute Gasteiger partial charge is 0.119 e. The maximum absolute atomic E-state index is 5.53. The minimum absolute atomic E-state index is 0.412. The summed E-state index contributed by atoms with van der Waals surface area (Å²) in [5, 5.41) is 7.49. The molecule has 0 aliphatic carbocycles. The fraction of sp³-hybridized carbons (Fsp3) is 0.345. The summed E-state index contributed by atoms with van der Waals surface area (Å²) in [6.45, 7) is 3.89. The molecule has 35 heavy (non-hydrogen) atoms. The normalized spacial score (nSPS) is 16.4. The van der Waals surface area contributed by atoms with Crippen molar-refractivity contribution in [2.75, 3.05) is 34.4 Å². The Kier molecular flexibility index (Phi) is 6.91. The number of nitrogens with zero attached hydrogens (tertiary/aromatic N) is 3. The van der Waals surface area contributed by atoms with Crippen LogP contribution in [-0.2, 0) is 13.1 Å². The molecule has 0 spiro atoms. The highest BCUT2D eigenvalue weighted by Crippen LogP contribution is 2.31. The van der Waals surface area contributed by atoms with Crippen molar-refractivity contribution in [3.63, 3.8) is 0 Å². The Labute approximate surface area is 207 Å². The van der Waals surface area contributed by atoms with Gasteiger partial charge < -0.3 is 14.2 Å². The van der Waals surface area contributed by atoms with Gasteiger partial charge in [-0.05, 0) is 78.6 Å². The standard InChI is InChI=1S/C29H33N3O3/c1-33-25-8-4-21(5-9-25)19-31-16-14-24(15-17-31)32-20-23-18-27(35-3)12-13-28(23)29(30-32)22-6-10-26(34-2)11-7-22/h4-13,18,24H,14-17,19-20H2,1-3H3. The van der Waals surface area contributed by atoms with Gasteiger partial charge in [-0.25, -0.2) is 0 Å². The molecule has 182 valence electrons. The van der Waals surface area contributed by atoms with Gasteiger partial charge in [0.25, 0.3) is 0 Å². The van der Waals surface area contributed by atoms with E-state index in [1.807, 2.05) is 30.3 Å². The Morgan fingerprint density at radius 2 is 1.37 bits per heavy atom. The molecule has 1 saturated heterocycles. The highest BCUT2D eigenvalue weighted by Gasteiger charge is 2.29. The van der Waals surface area contributed by atoms with Crippen LogP contribution < -0.4 is 14.2 Å². The Hall–Kier alpha value is -3.51. The molecule has 2 aliphatic rings. The zero-order chi connectivity index (χ0) is 24.2. The maximum Gasteiger partial charge on any atom is 0.119 e. The van der Waals surface area contributed by atoms with Crippen LogP contribution in [0.1, 0.15) is 35.1 Å². The molecular formula is C29H33N3O3. The number of fused-ring (bicyclic) bond motifs is 1. The van der Waals surface area contributed by atoms with Crippen LogP contribution in [0.25, 0.3) is 0 Å². The summed E-state index contributed by atoms with van der Waals surface area (Å²) >= 11 is 0. The van der Waals surface area contributed by atoms with Crippen molar-refractivity contribution < 1.29 is 14.2 Å². The van der Waals surface area contributed by atoms with Gasteiger partial charge in [0.2, 0.25) is 0 Å². The van der Waals surface area contributed by atoms with Crippen LogP contribution >= 0.6 is 0 Å². The average Bonchev–Trinajstić information content (AvgIpc) is 2.93. The lowest BCUT2D eigenvalue weighted by molar-refractivity contribution is 0.100. The molecule has 0 unspecified atom stereocenters. The van der Waals surface area contributed by atoms with Crippen molar-refractivity contribution in [3.8, 4) is 17.2 Å². The van der Waals surface area contributed by atoms with E-state index in [0.29, 0.717) is 6.04 Å². The Balaban J connectivity index is 1.33. The van der Waals surface area contributed by atoms with E-state index in [2.05, 4.69) is 46.3 Å². The van der Waals surface area contributed by atoms with E-state index in [1.165, 1.54) is 16.7 Å². The van der Waals surface area contributed by atoms with Gasteiger partial charge in [0, 0.05) is 36.8 Å². The summed E-state index contributed by atoms with van der Waals surface area (Å²) in [4.78, 5) is 2.54. The molecule has 0 bridgehead atoms. The molecule has 0 saturated carbocycles. The Morgan fingerprint density at radius 3 is 2.00 bits per heavy atom. The number of hydrogen-bond acceptors (Lipinski definition) is 6. The zero-order valence-corrected chi connectivity index (χ0v) is 20.7. The molecule has 0 N–H and O–H groups in total. The largest absolute Gasteiger partial charge is 0.497 e. The lowest BCUT2D eigenvalue weighted by Crippen LogP contribution is -2.44. The number of hydrogen-bond donors (Lipinski definition) is 0. The van der Waals surface area contributed by atoms with Crippen LogP contribution in [-0.4, -0.2) is 56.1 Å². The zero-order valence-electron chi connectivity index (χ0n) is 20.7. The summed E-state index contributed by atoms with van der Waals surface area (Å²) in [6, 6.07) is 23.3. The third-order valence-corrected chi connectivity index (χ3v) is 7.04. The van der Waals surface area contributed by atoms with Crippen LogP contribution in [0, 0.1) is 0 Å². The monoisotopic (exact) mass is 471 g/mol. The van der Waals surface area contributed by atoms with Crippen LogP contribution in [0.3, 0.4) is 0 Å². The van der Waals surface area contributed by atoms with E-state index >= 15 is 0 Å². The molecule has 3 aromatic rings. The van der Waals surface area contributed by atoms with Crippen molar-refractivity contribution in [1.29, 1.82) is 0 Å². The highest BCUT2D eigenvalue weighted by atomic mass is 16.5. The number of benzene rings is 3. The second-order valence-corrected chi connectivity index (χ2v) is 9.15. The summed E-state index contributed by atoms with van der Waals surface area (Å²) < 4.78 is 16.2. The van der Waals surface area contributed by atoms with Crippen LogP contribution in [0.15, 0.2) is 71.8 Å². The summed E-state index contributed by atoms with van der Waals surface area (Å²) in [5.41, 5.74) is 5.86. The lowest BCUT2D eigenvalue weighted by atomic mass is 9.94. The first-order valence-corrected chi connectivity index (χ1v) is 12.2. The van der Waals surface area contributed by atoms with Gasteiger partial charge in [0.05, 0.1) is 33.6 Å². The van der Waals surface area contributed by atoms with Gasteiger partial charge in [0.15, 0.2) is 0 Å². The average molecular weight is 472 g/mol. The van der Waals surface area contributed by atoms with E-state index in [-0.39, 0.29) is 0 Å². The van der Waals surface area contributed by atoms with E-state index in [0.717, 1.165) is 67.5 Å². The predicted molar refractivity (Wildman–Crippen MR) is 138 cm³/mol. The summed E-state index contributed by atoms with van der Waals surface area (Å²) in [6.07, 6.45) is 2.18. The first kappa shape index (κ1) is 23.2. The van der Waals surface area contributed by atoms with Gasteiger partial charge in [-0.15, -0.1) is 0 Å². The highest BCUT2D eigenvalue weighted by molar-refractivity contribution is 6.14. The van der Waals surface area contributed by atoms with Crippen LogP contribution in [0.5, 0.6) is 17.2 Å². The second-order valence-electron chi connectivity index (χ2n) is 9.15. The minimum atomic E-state index is 0.412. The fourth-order valence-corrected chi connectivity index (χ4v) is 4.99. The number of rotatable bonds is 7. The molecule has 3 aromatic carbocycles. The number of ether oxygens (including phenoxy) is 3. The quantitative estimate of drug-likeness (QED) is 0.488. The number of likely N-dealkylation sites (tertiary alicyclic amines) is 1. The van der Waals surface area contributed by atoms with E-state index in [1.54, 1.807) is 21.3 Å². The Bertz CT molecular complexity index is 1170. The minimum Gasteiger partial charge on any atom is -0.497 e. The van der Waals surface area contributed by atoms with E-state index in [9.17, 15) is 0 Å². The summed E-state index contributed by atoms with van der Waals surface area (Å²) in [7, 11) is 5.12. The van der Waals surface area contributed by atoms with E-state index in [4.69, 9.17) is 19.3 Å². The van der Waals surface area contributed by atoms with Crippen LogP contribution in [0.4, 0.5) is 0 Å². The van der Waals surface area contributed by atoms with Crippen LogP contribution in [0.2, 0.25) is 0 Å². The molecule has 1 fully saturated rings. The predicted octanol–water partition coefficient (Wildman–Crippen LogP) is 4.95. The van der Waals surface area contributed by atoms with Gasteiger partial charge >= 0.3 is 0 Å². The van der Waals surface area contributed by atoms with Crippen molar-refractivity contribution in [2.24, 2.45) is 5.10 Å². The van der Waals surface area contributed by atoms with Crippen molar-refractivity contribution in [1.82, 2.24) is 9.91 Å². The molecule has 0 radical (unpaired) electrons.